The van der Waals surface area contributed by atoms with Crippen LogP contribution in [0.5, 0.6) is 0 Å². The first-order valence-corrected chi connectivity index (χ1v) is 11.5. The van der Waals surface area contributed by atoms with Crippen molar-refractivity contribution in [3.8, 4) is 0 Å². The number of nitrogen functional groups attached to an aromatic ring is 1. The molecule has 13 nitrogen and oxygen atoms in total. The number of H-pyrrole nitrogens is 1. The Morgan fingerprint density at radius 2 is 2.16 bits per heavy atom. The van der Waals surface area contributed by atoms with E-state index in [1.165, 1.54) is 22.2 Å². The number of nitrogens with two attached hydrogens (primary N) is 1. The number of aromatic amines is 1. The van der Waals surface area contributed by atoms with Crippen LogP contribution in [0.1, 0.15) is 16.7 Å². The summed E-state index contributed by atoms with van der Waals surface area (Å²) in [5.74, 6) is -0.181. The number of phosphoric ester groups is 1. The van der Waals surface area contributed by atoms with Crippen molar-refractivity contribution < 1.29 is 33.8 Å². The van der Waals surface area contributed by atoms with Crippen LogP contribution in [0.25, 0.3) is 11.2 Å². The van der Waals surface area contributed by atoms with Crippen LogP contribution in [0.15, 0.2) is 22.6 Å². The summed E-state index contributed by atoms with van der Waals surface area (Å²) < 4.78 is 23.5. The third-order valence-electron chi connectivity index (χ3n) is 4.99. The van der Waals surface area contributed by atoms with Gasteiger partial charge in [-0.25, -0.2) is 9.55 Å². The van der Waals surface area contributed by atoms with Gasteiger partial charge in [0.25, 0.3) is 5.56 Å². The summed E-state index contributed by atoms with van der Waals surface area (Å²) in [5.41, 5.74) is 5.83. The SMILES string of the molecule is Cc1ccsc1CC(OP(=O)(O)O)[C@H]1O[C@@H](n2cnc3c(=O)[nH]c(N)nc32)[C@H](O)[C@@H]1O. The molecule has 0 spiro atoms. The number of phosphoric acid groups is 1. The Morgan fingerprint density at radius 3 is 2.81 bits per heavy atom. The Kier molecular flexibility index (Phi) is 5.74. The molecule has 5 atom stereocenters. The zero-order chi connectivity index (χ0) is 22.5. The number of aliphatic hydroxyl groups excluding tert-OH is 2. The van der Waals surface area contributed by atoms with Crippen LogP contribution in [0.2, 0.25) is 0 Å². The Bertz CT molecular complexity index is 1200. The number of aromatic nitrogens is 4. The molecule has 1 saturated heterocycles. The van der Waals surface area contributed by atoms with E-state index in [1.807, 2.05) is 18.4 Å². The lowest BCUT2D eigenvalue weighted by Crippen LogP contribution is -2.40. The van der Waals surface area contributed by atoms with Crippen molar-refractivity contribution in [2.45, 2.75) is 44.0 Å². The van der Waals surface area contributed by atoms with Crippen LogP contribution in [0.3, 0.4) is 0 Å². The van der Waals surface area contributed by atoms with E-state index in [9.17, 15) is 29.4 Å². The van der Waals surface area contributed by atoms with E-state index < -0.39 is 44.0 Å². The Hall–Kier alpha value is -2.16. The molecule has 1 aliphatic rings. The molecule has 168 valence electrons. The minimum atomic E-state index is -4.95. The third kappa shape index (κ3) is 4.29. The minimum Gasteiger partial charge on any atom is -0.387 e. The molecule has 1 aliphatic heterocycles. The van der Waals surface area contributed by atoms with Gasteiger partial charge in [0.15, 0.2) is 17.4 Å². The number of fused-ring (bicyclic) bond motifs is 1. The Balaban J connectivity index is 1.68. The van der Waals surface area contributed by atoms with Crippen molar-refractivity contribution in [1.29, 1.82) is 0 Å². The highest BCUT2D eigenvalue weighted by molar-refractivity contribution is 7.46. The fraction of sp³-hybridized carbons (Fsp3) is 0.438. The third-order valence-corrected chi connectivity index (χ3v) is 6.58. The number of anilines is 1. The molecule has 0 aliphatic carbocycles. The summed E-state index contributed by atoms with van der Waals surface area (Å²) in [5, 5.41) is 23.0. The molecular formula is C16H20N5O8PS. The lowest BCUT2D eigenvalue weighted by Gasteiger charge is -2.26. The number of aryl methyl sites for hydroxylation is 1. The lowest BCUT2D eigenvalue weighted by molar-refractivity contribution is -0.0804. The van der Waals surface area contributed by atoms with Crippen molar-refractivity contribution in [3.63, 3.8) is 0 Å². The molecule has 4 heterocycles. The highest BCUT2D eigenvalue weighted by Gasteiger charge is 2.49. The van der Waals surface area contributed by atoms with E-state index in [2.05, 4.69) is 15.0 Å². The van der Waals surface area contributed by atoms with Crippen LogP contribution in [-0.2, 0) is 20.2 Å². The molecule has 15 heteroatoms. The second-order valence-corrected chi connectivity index (χ2v) is 9.31. The fourth-order valence-electron chi connectivity index (χ4n) is 3.54. The summed E-state index contributed by atoms with van der Waals surface area (Å²) >= 11 is 1.36. The largest absolute Gasteiger partial charge is 0.469 e. The first-order chi connectivity index (χ1) is 14.5. The van der Waals surface area contributed by atoms with E-state index in [0.717, 1.165) is 10.4 Å². The molecule has 3 aromatic heterocycles. The van der Waals surface area contributed by atoms with Gasteiger partial charge < -0.3 is 30.5 Å². The zero-order valence-electron chi connectivity index (χ0n) is 16.0. The molecule has 1 unspecified atom stereocenters. The van der Waals surface area contributed by atoms with E-state index in [0.29, 0.717) is 0 Å². The van der Waals surface area contributed by atoms with Gasteiger partial charge in [-0.1, -0.05) is 0 Å². The number of ether oxygens (including phenoxy) is 1. The van der Waals surface area contributed by atoms with Crippen molar-refractivity contribution in [2.24, 2.45) is 0 Å². The molecular weight excluding hydrogens is 453 g/mol. The monoisotopic (exact) mass is 473 g/mol. The smallest absolute Gasteiger partial charge is 0.387 e. The quantitative estimate of drug-likeness (QED) is 0.249. The van der Waals surface area contributed by atoms with Crippen molar-refractivity contribution in [1.82, 2.24) is 19.5 Å². The summed E-state index contributed by atoms with van der Waals surface area (Å²) in [4.78, 5) is 41.7. The van der Waals surface area contributed by atoms with Crippen molar-refractivity contribution >= 4 is 36.3 Å². The van der Waals surface area contributed by atoms with E-state index in [4.69, 9.17) is 15.0 Å². The van der Waals surface area contributed by atoms with E-state index in [-0.39, 0.29) is 23.5 Å². The number of aliphatic hydroxyl groups is 2. The zero-order valence-corrected chi connectivity index (χ0v) is 17.7. The molecule has 7 N–H and O–H groups in total. The second-order valence-electron chi connectivity index (χ2n) is 7.11. The van der Waals surface area contributed by atoms with Crippen LogP contribution in [-0.4, -0.2) is 63.9 Å². The molecule has 4 rings (SSSR count). The van der Waals surface area contributed by atoms with Gasteiger partial charge in [0, 0.05) is 11.3 Å². The lowest BCUT2D eigenvalue weighted by atomic mass is 10.0. The second kappa shape index (κ2) is 8.07. The van der Waals surface area contributed by atoms with Gasteiger partial charge in [-0.3, -0.25) is 18.9 Å². The fourth-order valence-corrected chi connectivity index (χ4v) is 5.04. The van der Waals surface area contributed by atoms with Crippen molar-refractivity contribution in [2.75, 3.05) is 5.73 Å². The Labute approximate surface area is 178 Å². The van der Waals surface area contributed by atoms with Gasteiger partial charge >= 0.3 is 7.82 Å². The maximum Gasteiger partial charge on any atom is 0.469 e. The molecule has 0 saturated carbocycles. The average molecular weight is 473 g/mol. The first kappa shape index (κ1) is 22.0. The summed E-state index contributed by atoms with van der Waals surface area (Å²) in [6.45, 7) is 1.83. The van der Waals surface area contributed by atoms with Crippen molar-refractivity contribution in [3.05, 3.63) is 38.6 Å². The Morgan fingerprint density at radius 1 is 1.42 bits per heavy atom. The molecule has 1 fully saturated rings. The van der Waals surface area contributed by atoms with Gasteiger partial charge in [0.2, 0.25) is 5.95 Å². The van der Waals surface area contributed by atoms with Crippen LogP contribution in [0, 0.1) is 6.92 Å². The number of hydrogen-bond acceptors (Lipinski definition) is 10. The van der Waals surface area contributed by atoms with Gasteiger partial charge in [0.1, 0.15) is 24.4 Å². The van der Waals surface area contributed by atoms with Crippen LogP contribution < -0.4 is 11.3 Å². The predicted octanol–water partition coefficient (Wildman–Crippen LogP) is -0.588. The maximum absolute atomic E-state index is 12.0. The number of thiophene rings is 1. The molecule has 0 radical (unpaired) electrons. The van der Waals surface area contributed by atoms with Gasteiger partial charge in [-0.2, -0.15) is 4.98 Å². The highest BCUT2D eigenvalue weighted by atomic mass is 32.1. The highest BCUT2D eigenvalue weighted by Crippen LogP contribution is 2.43. The number of hydrogen-bond donors (Lipinski definition) is 6. The first-order valence-electron chi connectivity index (χ1n) is 9.06. The topological polar surface area (TPSA) is 206 Å². The maximum atomic E-state index is 12.0. The van der Waals surface area contributed by atoms with E-state index >= 15 is 0 Å². The number of nitrogens with zero attached hydrogens (tertiary/aromatic N) is 3. The molecule has 31 heavy (non-hydrogen) atoms. The van der Waals surface area contributed by atoms with Gasteiger partial charge in [0.05, 0.1) is 6.33 Å². The molecule has 0 aromatic carbocycles. The summed E-state index contributed by atoms with van der Waals surface area (Å²) in [6, 6.07) is 1.84. The predicted molar refractivity (Wildman–Crippen MR) is 108 cm³/mol. The van der Waals surface area contributed by atoms with Crippen LogP contribution in [0.4, 0.5) is 5.95 Å². The average Bonchev–Trinajstić information content (AvgIpc) is 3.33. The van der Waals surface area contributed by atoms with Gasteiger partial charge in [-0.15, -0.1) is 11.3 Å². The van der Waals surface area contributed by atoms with Gasteiger partial charge in [-0.05, 0) is 23.9 Å². The summed E-state index contributed by atoms with van der Waals surface area (Å²) in [6.07, 6.45) is -5.69. The van der Waals surface area contributed by atoms with Crippen LogP contribution >= 0.6 is 19.2 Å². The standard InChI is InChI=1S/C16H20N5O8PS/c1-6-2-3-31-8(6)4-7(29-30(25,26)27)12-10(22)11(23)15(28-12)21-5-18-9-13(21)19-16(17)20-14(9)24/h2-3,5,7,10-12,15,22-23H,4H2,1H3,(H2,25,26,27)(H3,17,19,20,24)/t7?,10-,11+,12+,15+/m0/s1. The number of rotatable bonds is 6. The minimum absolute atomic E-state index is 0.0136. The number of nitrogens with one attached hydrogen (secondary N) is 1. The molecule has 3 aromatic rings. The number of imidazole rings is 1. The summed E-state index contributed by atoms with van der Waals surface area (Å²) in [7, 11) is -4.95. The van der Waals surface area contributed by atoms with E-state index in [1.54, 1.807) is 0 Å². The molecule has 0 bridgehead atoms. The normalized spacial score (nSPS) is 25.3. The molecule has 0 amide bonds.